The van der Waals surface area contributed by atoms with E-state index in [0.29, 0.717) is 25.0 Å². The second kappa shape index (κ2) is 5.05. The topological polar surface area (TPSA) is 35.2 Å². The summed E-state index contributed by atoms with van der Waals surface area (Å²) in [6.45, 7) is 3.50. The SMILES string of the molecule is C=C(N)[C@@H]1CC[C@H](c2cc(F)c(C(F)(F)F)c(F)c2)O1. The Morgan fingerprint density at radius 3 is 2.15 bits per heavy atom. The van der Waals surface area contributed by atoms with Crippen molar-refractivity contribution in [3.05, 3.63) is 47.2 Å². The molecule has 0 amide bonds. The molecule has 2 atom stereocenters. The lowest BCUT2D eigenvalue weighted by Gasteiger charge is -2.16. The summed E-state index contributed by atoms with van der Waals surface area (Å²) in [5.41, 5.74) is 3.88. The van der Waals surface area contributed by atoms with Gasteiger partial charge in [0.2, 0.25) is 0 Å². The molecule has 0 aromatic heterocycles. The Balaban J connectivity index is 2.30. The molecule has 2 nitrogen and oxygen atoms in total. The fourth-order valence-corrected chi connectivity index (χ4v) is 2.20. The molecule has 1 fully saturated rings. The van der Waals surface area contributed by atoms with Gasteiger partial charge in [-0.25, -0.2) is 8.78 Å². The van der Waals surface area contributed by atoms with Crippen LogP contribution in [0.25, 0.3) is 0 Å². The molecule has 0 saturated carbocycles. The molecule has 1 aliphatic rings. The van der Waals surface area contributed by atoms with E-state index in [-0.39, 0.29) is 11.3 Å². The van der Waals surface area contributed by atoms with Crippen molar-refractivity contribution in [2.45, 2.75) is 31.2 Å². The van der Waals surface area contributed by atoms with E-state index < -0.39 is 35.6 Å². The van der Waals surface area contributed by atoms with E-state index in [9.17, 15) is 22.0 Å². The molecule has 1 aromatic carbocycles. The Labute approximate surface area is 112 Å². The molecular weight excluding hydrogens is 281 g/mol. The van der Waals surface area contributed by atoms with Crippen LogP contribution in [0.15, 0.2) is 24.4 Å². The van der Waals surface area contributed by atoms with Crippen LogP contribution in [0.1, 0.15) is 30.1 Å². The Kier molecular flexibility index (Phi) is 3.73. The smallest absolute Gasteiger partial charge is 0.400 e. The van der Waals surface area contributed by atoms with Crippen LogP contribution in [0, 0.1) is 11.6 Å². The summed E-state index contributed by atoms with van der Waals surface area (Å²) in [6.07, 6.45) is -5.30. The molecule has 0 radical (unpaired) electrons. The normalized spacial score (nSPS) is 23.1. The second-order valence-corrected chi connectivity index (χ2v) is 4.62. The summed E-state index contributed by atoms with van der Waals surface area (Å²) < 4.78 is 69.7. The first-order valence-electron chi connectivity index (χ1n) is 5.86. The van der Waals surface area contributed by atoms with E-state index >= 15 is 0 Å². The van der Waals surface area contributed by atoms with E-state index in [0.717, 1.165) is 0 Å². The quantitative estimate of drug-likeness (QED) is 0.844. The van der Waals surface area contributed by atoms with Crippen LogP contribution in [0.5, 0.6) is 0 Å². The Hall–Kier alpha value is -1.63. The van der Waals surface area contributed by atoms with Gasteiger partial charge in [-0.3, -0.25) is 0 Å². The zero-order chi connectivity index (χ0) is 15.1. The van der Waals surface area contributed by atoms with Crippen LogP contribution in [0.2, 0.25) is 0 Å². The monoisotopic (exact) mass is 293 g/mol. The maximum absolute atomic E-state index is 13.5. The number of alkyl halides is 3. The first-order valence-corrected chi connectivity index (χ1v) is 5.86. The Morgan fingerprint density at radius 1 is 1.20 bits per heavy atom. The van der Waals surface area contributed by atoms with Gasteiger partial charge in [-0.1, -0.05) is 6.58 Å². The number of benzene rings is 1. The second-order valence-electron chi connectivity index (χ2n) is 4.62. The molecule has 2 N–H and O–H groups in total. The number of rotatable bonds is 2. The summed E-state index contributed by atoms with van der Waals surface area (Å²) >= 11 is 0. The average Bonchev–Trinajstić information content (AvgIpc) is 2.74. The molecule has 2 rings (SSSR count). The lowest BCUT2D eigenvalue weighted by atomic mass is 10.0. The molecule has 1 aromatic rings. The molecule has 0 aliphatic carbocycles. The number of ether oxygens (including phenoxy) is 1. The predicted molar refractivity (Wildman–Crippen MR) is 61.5 cm³/mol. The number of halogens is 5. The van der Waals surface area contributed by atoms with Gasteiger partial charge in [-0.2, -0.15) is 13.2 Å². The maximum Gasteiger partial charge on any atom is 0.422 e. The van der Waals surface area contributed by atoms with E-state index in [2.05, 4.69) is 6.58 Å². The van der Waals surface area contributed by atoms with Gasteiger partial charge in [0.25, 0.3) is 0 Å². The summed E-state index contributed by atoms with van der Waals surface area (Å²) in [7, 11) is 0. The first kappa shape index (κ1) is 14.8. The highest BCUT2D eigenvalue weighted by atomic mass is 19.4. The van der Waals surface area contributed by atoms with Crippen molar-refractivity contribution >= 4 is 0 Å². The van der Waals surface area contributed by atoms with Gasteiger partial charge in [0, 0.05) is 5.70 Å². The largest absolute Gasteiger partial charge is 0.422 e. The third-order valence-electron chi connectivity index (χ3n) is 3.15. The van der Waals surface area contributed by atoms with Crippen molar-refractivity contribution in [2.24, 2.45) is 5.73 Å². The third-order valence-corrected chi connectivity index (χ3v) is 3.15. The lowest BCUT2D eigenvalue weighted by Crippen LogP contribution is -2.16. The van der Waals surface area contributed by atoms with Gasteiger partial charge in [-0.05, 0) is 30.5 Å². The van der Waals surface area contributed by atoms with Crippen molar-refractivity contribution in [2.75, 3.05) is 0 Å². The highest BCUT2D eigenvalue weighted by molar-refractivity contribution is 5.30. The predicted octanol–water partition coefficient (Wildman–Crippen LogP) is 3.68. The molecule has 1 aliphatic heterocycles. The molecule has 1 saturated heterocycles. The standard InChI is InChI=1S/C13H12F5NO/c1-6(19)10-2-3-11(20-10)7-4-8(14)12(9(15)5-7)13(16,17)18/h4-5,10-11H,1-3,19H2/t10-,11+/m0/s1. The zero-order valence-corrected chi connectivity index (χ0v) is 10.3. The fourth-order valence-electron chi connectivity index (χ4n) is 2.20. The first-order chi connectivity index (χ1) is 9.20. The third kappa shape index (κ3) is 2.77. The molecule has 0 spiro atoms. The van der Waals surface area contributed by atoms with E-state index in [1.54, 1.807) is 0 Å². The van der Waals surface area contributed by atoms with Crippen LogP contribution in [0.4, 0.5) is 22.0 Å². The molecule has 110 valence electrons. The van der Waals surface area contributed by atoms with Gasteiger partial charge < -0.3 is 10.5 Å². The molecular formula is C13H12F5NO. The van der Waals surface area contributed by atoms with Crippen LogP contribution < -0.4 is 5.73 Å². The zero-order valence-electron chi connectivity index (χ0n) is 10.3. The Bertz CT molecular complexity index is 517. The van der Waals surface area contributed by atoms with Crippen LogP contribution in [0.3, 0.4) is 0 Å². The highest BCUT2D eigenvalue weighted by Gasteiger charge is 2.39. The van der Waals surface area contributed by atoms with E-state index in [1.165, 1.54) is 0 Å². The number of nitrogens with two attached hydrogens (primary N) is 1. The van der Waals surface area contributed by atoms with Gasteiger partial charge in [0.05, 0.1) is 12.2 Å². The molecule has 20 heavy (non-hydrogen) atoms. The van der Waals surface area contributed by atoms with Crippen LogP contribution in [-0.4, -0.2) is 6.10 Å². The van der Waals surface area contributed by atoms with Gasteiger partial charge in [-0.15, -0.1) is 0 Å². The van der Waals surface area contributed by atoms with Crippen molar-refractivity contribution in [3.8, 4) is 0 Å². The molecule has 0 bridgehead atoms. The van der Waals surface area contributed by atoms with E-state index in [1.807, 2.05) is 0 Å². The van der Waals surface area contributed by atoms with Gasteiger partial charge in [0.1, 0.15) is 17.2 Å². The minimum atomic E-state index is -5.07. The Morgan fingerprint density at radius 2 is 1.75 bits per heavy atom. The highest BCUT2D eigenvalue weighted by Crippen LogP contribution is 2.38. The fraction of sp³-hybridized carbons (Fsp3) is 0.385. The number of hydrogen-bond donors (Lipinski definition) is 1. The van der Waals surface area contributed by atoms with E-state index in [4.69, 9.17) is 10.5 Å². The van der Waals surface area contributed by atoms with Crippen LogP contribution in [-0.2, 0) is 10.9 Å². The van der Waals surface area contributed by atoms with Crippen molar-refractivity contribution < 1.29 is 26.7 Å². The lowest BCUT2D eigenvalue weighted by molar-refractivity contribution is -0.142. The molecule has 7 heteroatoms. The molecule has 1 heterocycles. The van der Waals surface area contributed by atoms with Crippen LogP contribution >= 0.6 is 0 Å². The van der Waals surface area contributed by atoms with Crippen molar-refractivity contribution in [1.82, 2.24) is 0 Å². The summed E-state index contributed by atoms with van der Waals surface area (Å²) in [6, 6.07) is 1.30. The minimum Gasteiger partial charge on any atom is -0.400 e. The average molecular weight is 293 g/mol. The summed E-state index contributed by atoms with van der Waals surface area (Å²) in [5, 5.41) is 0. The summed E-state index contributed by atoms with van der Waals surface area (Å²) in [4.78, 5) is 0. The number of hydrogen-bond acceptors (Lipinski definition) is 2. The van der Waals surface area contributed by atoms with Crippen molar-refractivity contribution in [1.29, 1.82) is 0 Å². The maximum atomic E-state index is 13.5. The minimum absolute atomic E-state index is 0.0248. The summed E-state index contributed by atoms with van der Waals surface area (Å²) in [5.74, 6) is -3.29. The molecule has 0 unspecified atom stereocenters. The van der Waals surface area contributed by atoms with Crippen molar-refractivity contribution in [3.63, 3.8) is 0 Å². The van der Waals surface area contributed by atoms with Gasteiger partial charge >= 0.3 is 6.18 Å². The van der Waals surface area contributed by atoms with Gasteiger partial charge in [0.15, 0.2) is 0 Å².